The molecule has 0 saturated carbocycles. The minimum absolute atomic E-state index is 0. The van der Waals surface area contributed by atoms with Crippen molar-refractivity contribution in [2.24, 2.45) is 4.99 Å². The first-order valence-electron chi connectivity index (χ1n) is 5.99. The number of halogens is 1. The van der Waals surface area contributed by atoms with Crippen molar-refractivity contribution in [3.05, 3.63) is 22.4 Å². The predicted octanol–water partition coefficient (Wildman–Crippen LogP) is 2.46. The Morgan fingerprint density at radius 2 is 2.22 bits per heavy atom. The summed E-state index contributed by atoms with van der Waals surface area (Å²) >= 11 is 1.73. The maximum Gasteiger partial charge on any atom is 0.191 e. The van der Waals surface area contributed by atoms with Crippen molar-refractivity contribution >= 4 is 41.3 Å². The van der Waals surface area contributed by atoms with Crippen LogP contribution in [0.25, 0.3) is 0 Å². The molecule has 0 amide bonds. The van der Waals surface area contributed by atoms with E-state index in [1.807, 2.05) is 13.0 Å². The van der Waals surface area contributed by atoms with Crippen LogP contribution in [0.2, 0.25) is 0 Å². The highest BCUT2D eigenvalue weighted by atomic mass is 127. The zero-order chi connectivity index (χ0) is 12.3. The van der Waals surface area contributed by atoms with Crippen LogP contribution >= 0.6 is 35.3 Å². The van der Waals surface area contributed by atoms with Crippen molar-refractivity contribution in [2.45, 2.75) is 20.4 Å². The van der Waals surface area contributed by atoms with Crippen molar-refractivity contribution in [1.29, 1.82) is 0 Å². The van der Waals surface area contributed by atoms with Crippen LogP contribution in [-0.2, 0) is 11.3 Å². The molecule has 0 fully saturated rings. The zero-order valence-electron chi connectivity index (χ0n) is 10.9. The van der Waals surface area contributed by atoms with Crippen LogP contribution < -0.4 is 10.6 Å². The summed E-state index contributed by atoms with van der Waals surface area (Å²) in [5.74, 6) is 0.848. The van der Waals surface area contributed by atoms with Gasteiger partial charge in [-0.3, -0.25) is 0 Å². The quantitative estimate of drug-likeness (QED) is 0.329. The van der Waals surface area contributed by atoms with E-state index < -0.39 is 0 Å². The molecule has 1 aromatic heterocycles. The van der Waals surface area contributed by atoms with E-state index in [1.165, 1.54) is 4.88 Å². The third-order valence-electron chi connectivity index (χ3n) is 2.06. The molecule has 2 N–H and O–H groups in total. The SMILES string of the molecule is CCNC(=NCc1cccs1)NCCOCC.I. The molecule has 1 heterocycles. The Kier molecular flexibility index (Phi) is 11.5. The maximum absolute atomic E-state index is 5.27. The molecular weight excluding hydrogens is 361 g/mol. The monoisotopic (exact) mass is 383 g/mol. The van der Waals surface area contributed by atoms with Crippen molar-refractivity contribution in [2.75, 3.05) is 26.3 Å². The number of hydrogen-bond acceptors (Lipinski definition) is 3. The Morgan fingerprint density at radius 3 is 2.83 bits per heavy atom. The van der Waals surface area contributed by atoms with Gasteiger partial charge >= 0.3 is 0 Å². The van der Waals surface area contributed by atoms with Gasteiger partial charge in [0.25, 0.3) is 0 Å². The van der Waals surface area contributed by atoms with Crippen molar-refractivity contribution < 1.29 is 4.74 Å². The van der Waals surface area contributed by atoms with Crippen LogP contribution in [-0.4, -0.2) is 32.3 Å². The summed E-state index contributed by atoms with van der Waals surface area (Å²) in [5.41, 5.74) is 0. The molecule has 0 aliphatic heterocycles. The average molecular weight is 383 g/mol. The molecule has 0 spiro atoms. The largest absolute Gasteiger partial charge is 0.380 e. The Balaban J connectivity index is 0.00000289. The third kappa shape index (κ3) is 7.88. The molecule has 4 nitrogen and oxygen atoms in total. The van der Waals surface area contributed by atoms with Crippen molar-refractivity contribution in [1.82, 2.24) is 10.6 Å². The van der Waals surface area contributed by atoms with Gasteiger partial charge in [-0.05, 0) is 25.3 Å². The fourth-order valence-electron chi connectivity index (χ4n) is 1.29. The summed E-state index contributed by atoms with van der Waals surface area (Å²) in [6.07, 6.45) is 0. The molecule has 0 bridgehead atoms. The zero-order valence-corrected chi connectivity index (χ0v) is 14.1. The van der Waals surface area contributed by atoms with Crippen LogP contribution in [0.5, 0.6) is 0 Å². The summed E-state index contributed by atoms with van der Waals surface area (Å²) in [4.78, 5) is 5.77. The molecule has 0 radical (unpaired) electrons. The molecule has 0 aliphatic rings. The summed E-state index contributed by atoms with van der Waals surface area (Å²) in [7, 11) is 0. The third-order valence-corrected chi connectivity index (χ3v) is 2.92. The highest BCUT2D eigenvalue weighted by Gasteiger charge is 1.97. The molecule has 0 unspecified atom stereocenters. The van der Waals surface area contributed by atoms with E-state index in [1.54, 1.807) is 11.3 Å². The smallest absolute Gasteiger partial charge is 0.191 e. The fourth-order valence-corrected chi connectivity index (χ4v) is 1.92. The lowest BCUT2D eigenvalue weighted by Gasteiger charge is -2.10. The summed E-state index contributed by atoms with van der Waals surface area (Å²) in [6, 6.07) is 4.14. The van der Waals surface area contributed by atoms with E-state index in [4.69, 9.17) is 4.74 Å². The van der Waals surface area contributed by atoms with E-state index in [0.29, 0.717) is 6.61 Å². The van der Waals surface area contributed by atoms with Crippen molar-refractivity contribution in [3.8, 4) is 0 Å². The molecular formula is C12H22IN3OS. The minimum Gasteiger partial charge on any atom is -0.380 e. The first-order valence-corrected chi connectivity index (χ1v) is 6.87. The number of hydrogen-bond donors (Lipinski definition) is 2. The molecule has 1 rings (SSSR count). The number of aliphatic imine (C=N–C) groups is 1. The van der Waals surface area contributed by atoms with Gasteiger partial charge in [-0.25, -0.2) is 4.99 Å². The maximum atomic E-state index is 5.27. The van der Waals surface area contributed by atoms with Gasteiger partial charge in [0.1, 0.15) is 0 Å². The fraction of sp³-hybridized carbons (Fsp3) is 0.583. The molecule has 18 heavy (non-hydrogen) atoms. The Hall–Kier alpha value is -0.340. The Bertz CT molecular complexity index is 317. The van der Waals surface area contributed by atoms with Gasteiger partial charge in [0.2, 0.25) is 0 Å². The second-order valence-corrected chi connectivity index (χ2v) is 4.43. The normalized spacial score (nSPS) is 10.9. The first-order chi connectivity index (χ1) is 8.36. The number of rotatable bonds is 7. The summed E-state index contributed by atoms with van der Waals surface area (Å²) in [5, 5.41) is 8.52. The highest BCUT2D eigenvalue weighted by molar-refractivity contribution is 14.0. The molecule has 0 aliphatic carbocycles. The lowest BCUT2D eigenvalue weighted by atomic mass is 10.5. The minimum atomic E-state index is 0. The number of ether oxygens (including phenoxy) is 1. The van der Waals surface area contributed by atoms with E-state index >= 15 is 0 Å². The highest BCUT2D eigenvalue weighted by Crippen LogP contribution is 2.09. The number of nitrogens with one attached hydrogen (secondary N) is 2. The molecule has 0 atom stereocenters. The van der Waals surface area contributed by atoms with Gasteiger partial charge in [0.15, 0.2) is 5.96 Å². The summed E-state index contributed by atoms with van der Waals surface area (Å²) in [6.45, 7) is 7.89. The predicted molar refractivity (Wildman–Crippen MR) is 89.0 cm³/mol. The van der Waals surface area contributed by atoms with Crippen LogP contribution in [0.1, 0.15) is 18.7 Å². The van der Waals surface area contributed by atoms with E-state index in [9.17, 15) is 0 Å². The van der Waals surface area contributed by atoms with Crippen LogP contribution in [0.15, 0.2) is 22.5 Å². The Morgan fingerprint density at radius 1 is 1.39 bits per heavy atom. The summed E-state index contributed by atoms with van der Waals surface area (Å²) < 4.78 is 5.27. The van der Waals surface area contributed by atoms with Gasteiger partial charge in [-0.15, -0.1) is 35.3 Å². The van der Waals surface area contributed by atoms with Gasteiger partial charge in [-0.1, -0.05) is 6.07 Å². The van der Waals surface area contributed by atoms with Gasteiger partial charge in [-0.2, -0.15) is 0 Å². The first kappa shape index (κ1) is 17.7. The number of guanidine groups is 1. The molecule has 104 valence electrons. The second kappa shape index (κ2) is 11.7. The van der Waals surface area contributed by atoms with Crippen LogP contribution in [0, 0.1) is 0 Å². The lowest BCUT2D eigenvalue weighted by molar-refractivity contribution is 0.152. The Labute approximate surface area is 130 Å². The topological polar surface area (TPSA) is 45.7 Å². The molecule has 0 aromatic carbocycles. The lowest BCUT2D eigenvalue weighted by Crippen LogP contribution is -2.38. The number of nitrogens with zero attached hydrogens (tertiary/aromatic N) is 1. The average Bonchev–Trinajstić information content (AvgIpc) is 2.84. The van der Waals surface area contributed by atoms with E-state index in [-0.39, 0.29) is 24.0 Å². The molecule has 0 saturated heterocycles. The van der Waals surface area contributed by atoms with E-state index in [2.05, 4.69) is 34.0 Å². The van der Waals surface area contributed by atoms with Crippen molar-refractivity contribution in [3.63, 3.8) is 0 Å². The molecule has 1 aromatic rings. The standard InChI is InChI=1S/C12H21N3OS.HI/c1-3-13-12(14-7-8-16-4-2)15-10-11-6-5-9-17-11;/h5-6,9H,3-4,7-8,10H2,1-2H3,(H2,13,14,15);1H. The molecule has 6 heteroatoms. The van der Waals surface area contributed by atoms with Gasteiger partial charge < -0.3 is 15.4 Å². The van der Waals surface area contributed by atoms with Gasteiger partial charge in [0.05, 0.1) is 13.2 Å². The second-order valence-electron chi connectivity index (χ2n) is 3.40. The van der Waals surface area contributed by atoms with Crippen LogP contribution in [0.3, 0.4) is 0 Å². The van der Waals surface area contributed by atoms with E-state index in [0.717, 1.165) is 32.2 Å². The van der Waals surface area contributed by atoms with Crippen LogP contribution in [0.4, 0.5) is 0 Å². The number of thiophene rings is 1. The van der Waals surface area contributed by atoms with Gasteiger partial charge in [0, 0.05) is 24.6 Å².